The van der Waals surface area contributed by atoms with Crippen molar-refractivity contribution in [3.05, 3.63) is 29.6 Å². The Morgan fingerprint density at radius 2 is 2.18 bits per heavy atom. The number of aliphatic imine (C=N–C) groups is 1. The normalized spacial score (nSPS) is 24.4. The molecule has 1 aromatic carbocycles. The van der Waals surface area contributed by atoms with Crippen LogP contribution in [0.3, 0.4) is 0 Å². The third-order valence-corrected chi connectivity index (χ3v) is 3.77. The first-order valence-electron chi connectivity index (χ1n) is 5.82. The van der Waals surface area contributed by atoms with Crippen LogP contribution in [0.25, 0.3) is 0 Å². The summed E-state index contributed by atoms with van der Waals surface area (Å²) < 4.78 is 13.4. The van der Waals surface area contributed by atoms with E-state index in [1.807, 2.05) is 6.07 Å². The molecule has 4 heteroatoms. The maximum Gasteiger partial charge on any atom is 0.161 e. The molecule has 92 valence electrons. The number of hydrogen-bond donors (Lipinski definition) is 1. The van der Waals surface area contributed by atoms with E-state index in [0.717, 1.165) is 17.3 Å². The van der Waals surface area contributed by atoms with Crippen LogP contribution >= 0.6 is 11.8 Å². The minimum Gasteiger partial charge on any atom is -0.335 e. The van der Waals surface area contributed by atoms with Crippen LogP contribution in [0.1, 0.15) is 25.8 Å². The first-order valence-corrected chi connectivity index (χ1v) is 6.70. The highest BCUT2D eigenvalue weighted by atomic mass is 32.2. The molecule has 2 unspecified atom stereocenters. The van der Waals surface area contributed by atoms with Gasteiger partial charge in [0.15, 0.2) is 5.17 Å². The van der Waals surface area contributed by atoms with Gasteiger partial charge in [0, 0.05) is 10.9 Å². The second-order valence-electron chi connectivity index (χ2n) is 4.54. The first-order chi connectivity index (χ1) is 8.04. The maximum absolute atomic E-state index is 13.4. The lowest BCUT2D eigenvalue weighted by molar-refractivity contribution is 0.619. The largest absolute Gasteiger partial charge is 0.335 e. The van der Waals surface area contributed by atoms with E-state index in [-0.39, 0.29) is 5.82 Å². The molecule has 1 aliphatic heterocycles. The number of aryl methyl sites for hydroxylation is 1. The van der Waals surface area contributed by atoms with Crippen LogP contribution in [-0.2, 0) is 0 Å². The van der Waals surface area contributed by atoms with E-state index >= 15 is 0 Å². The molecule has 0 aromatic heterocycles. The Labute approximate surface area is 106 Å². The first kappa shape index (κ1) is 12.4. The van der Waals surface area contributed by atoms with Crippen molar-refractivity contribution in [3.63, 3.8) is 0 Å². The lowest BCUT2D eigenvalue weighted by Crippen LogP contribution is -2.22. The second-order valence-corrected chi connectivity index (χ2v) is 5.96. The van der Waals surface area contributed by atoms with Crippen molar-refractivity contribution in [1.82, 2.24) is 0 Å². The van der Waals surface area contributed by atoms with Gasteiger partial charge >= 0.3 is 0 Å². The molecule has 2 atom stereocenters. The summed E-state index contributed by atoms with van der Waals surface area (Å²) in [4.78, 5) is 4.53. The van der Waals surface area contributed by atoms with Gasteiger partial charge in [-0.15, -0.1) is 0 Å². The van der Waals surface area contributed by atoms with E-state index in [0.29, 0.717) is 16.9 Å². The molecule has 0 bridgehead atoms. The van der Waals surface area contributed by atoms with Gasteiger partial charge in [0.25, 0.3) is 0 Å². The highest BCUT2D eigenvalue weighted by Crippen LogP contribution is 2.26. The van der Waals surface area contributed by atoms with Gasteiger partial charge in [0.2, 0.25) is 0 Å². The summed E-state index contributed by atoms with van der Waals surface area (Å²) in [6.45, 7) is 6.05. The Balaban J connectivity index is 2.12. The Morgan fingerprint density at radius 3 is 2.82 bits per heavy atom. The Bertz CT molecular complexity index is 445. The van der Waals surface area contributed by atoms with Gasteiger partial charge in [-0.05, 0) is 38.0 Å². The van der Waals surface area contributed by atoms with Crippen LogP contribution in [0.2, 0.25) is 0 Å². The summed E-state index contributed by atoms with van der Waals surface area (Å²) in [5.41, 5.74) is 1.43. The summed E-state index contributed by atoms with van der Waals surface area (Å²) in [6, 6.07) is 5.51. The van der Waals surface area contributed by atoms with Gasteiger partial charge in [0.1, 0.15) is 5.82 Å². The molecule has 0 amide bonds. The smallest absolute Gasteiger partial charge is 0.161 e. The minimum atomic E-state index is -0.183. The van der Waals surface area contributed by atoms with E-state index < -0.39 is 0 Å². The summed E-state index contributed by atoms with van der Waals surface area (Å²) in [5.74, 6) is -0.183. The van der Waals surface area contributed by atoms with Crippen molar-refractivity contribution < 1.29 is 4.39 Å². The number of benzene rings is 1. The molecule has 2 rings (SSSR count). The minimum absolute atomic E-state index is 0.183. The molecule has 0 aliphatic carbocycles. The van der Waals surface area contributed by atoms with Gasteiger partial charge in [-0.2, -0.15) is 0 Å². The van der Waals surface area contributed by atoms with Crippen molar-refractivity contribution >= 4 is 22.6 Å². The van der Waals surface area contributed by atoms with Crippen molar-refractivity contribution in [3.8, 4) is 0 Å². The zero-order chi connectivity index (χ0) is 12.4. The molecule has 0 spiro atoms. The molecule has 1 aliphatic rings. The topological polar surface area (TPSA) is 24.4 Å². The Morgan fingerprint density at radius 1 is 1.41 bits per heavy atom. The van der Waals surface area contributed by atoms with Crippen molar-refractivity contribution in [2.24, 2.45) is 4.99 Å². The number of anilines is 1. The van der Waals surface area contributed by atoms with E-state index in [2.05, 4.69) is 24.2 Å². The standard InChI is InChI=1S/C13H17FN2S/c1-8-4-5-11(7-12(8)14)16-13-15-9(2)6-10(3)17-13/h4-5,7,9-10H,6H2,1-3H3,(H,15,16). The number of amidine groups is 1. The SMILES string of the molecule is Cc1ccc(NC2=NC(C)CC(C)S2)cc1F. The van der Waals surface area contributed by atoms with Crippen LogP contribution in [0.5, 0.6) is 0 Å². The van der Waals surface area contributed by atoms with Gasteiger partial charge < -0.3 is 5.32 Å². The van der Waals surface area contributed by atoms with Crippen molar-refractivity contribution in [2.45, 2.75) is 38.5 Å². The zero-order valence-corrected chi connectivity index (χ0v) is 11.1. The molecule has 1 N–H and O–H groups in total. The van der Waals surface area contributed by atoms with Gasteiger partial charge in [-0.3, -0.25) is 4.99 Å². The molecule has 0 saturated carbocycles. The zero-order valence-electron chi connectivity index (χ0n) is 10.3. The summed E-state index contributed by atoms with van der Waals surface area (Å²) in [7, 11) is 0. The Kier molecular flexibility index (Phi) is 3.72. The quantitative estimate of drug-likeness (QED) is 0.821. The van der Waals surface area contributed by atoms with E-state index in [4.69, 9.17) is 0 Å². The lowest BCUT2D eigenvalue weighted by atomic mass is 10.2. The fourth-order valence-corrected chi connectivity index (χ4v) is 3.03. The van der Waals surface area contributed by atoms with E-state index in [1.165, 1.54) is 6.07 Å². The third kappa shape index (κ3) is 3.22. The monoisotopic (exact) mass is 252 g/mol. The number of rotatable bonds is 1. The van der Waals surface area contributed by atoms with E-state index in [9.17, 15) is 4.39 Å². The average Bonchev–Trinajstić information content (AvgIpc) is 2.22. The number of nitrogens with one attached hydrogen (secondary N) is 1. The highest BCUT2D eigenvalue weighted by Gasteiger charge is 2.18. The lowest BCUT2D eigenvalue weighted by Gasteiger charge is -2.23. The van der Waals surface area contributed by atoms with Crippen LogP contribution in [0, 0.1) is 12.7 Å². The molecular weight excluding hydrogens is 235 g/mol. The van der Waals surface area contributed by atoms with E-state index in [1.54, 1.807) is 24.8 Å². The molecule has 0 saturated heterocycles. The fourth-order valence-electron chi connectivity index (χ4n) is 1.86. The molecule has 1 aromatic rings. The summed E-state index contributed by atoms with van der Waals surface area (Å²) in [6.07, 6.45) is 1.10. The molecule has 2 nitrogen and oxygen atoms in total. The Hall–Kier alpha value is -1.03. The average molecular weight is 252 g/mol. The van der Waals surface area contributed by atoms with Crippen LogP contribution in [-0.4, -0.2) is 16.5 Å². The number of nitrogens with zero attached hydrogens (tertiary/aromatic N) is 1. The summed E-state index contributed by atoms with van der Waals surface area (Å²) >= 11 is 1.71. The molecule has 0 radical (unpaired) electrons. The highest BCUT2D eigenvalue weighted by molar-refractivity contribution is 8.14. The third-order valence-electron chi connectivity index (χ3n) is 2.75. The van der Waals surface area contributed by atoms with Crippen molar-refractivity contribution in [1.29, 1.82) is 0 Å². The molecule has 0 fully saturated rings. The van der Waals surface area contributed by atoms with Crippen LogP contribution < -0.4 is 5.32 Å². The molecular formula is C13H17FN2S. The number of thioether (sulfide) groups is 1. The predicted molar refractivity (Wildman–Crippen MR) is 73.3 cm³/mol. The second kappa shape index (κ2) is 5.08. The van der Waals surface area contributed by atoms with Gasteiger partial charge in [0.05, 0.1) is 6.04 Å². The molecule has 17 heavy (non-hydrogen) atoms. The fraction of sp³-hybridized carbons (Fsp3) is 0.462. The van der Waals surface area contributed by atoms with Crippen molar-refractivity contribution in [2.75, 3.05) is 5.32 Å². The predicted octanol–water partition coefficient (Wildman–Crippen LogP) is 3.82. The maximum atomic E-state index is 13.4. The summed E-state index contributed by atoms with van der Waals surface area (Å²) in [5, 5.41) is 4.63. The van der Waals surface area contributed by atoms with Crippen LogP contribution in [0.15, 0.2) is 23.2 Å². The number of halogens is 1. The van der Waals surface area contributed by atoms with Gasteiger partial charge in [-0.1, -0.05) is 24.8 Å². The van der Waals surface area contributed by atoms with Crippen LogP contribution in [0.4, 0.5) is 10.1 Å². The molecule has 1 heterocycles. The van der Waals surface area contributed by atoms with Gasteiger partial charge in [-0.25, -0.2) is 4.39 Å². The number of hydrogen-bond acceptors (Lipinski definition) is 3.